The molecule has 1 amide bonds. The number of hydrogen-bond acceptors (Lipinski definition) is 4. The van der Waals surface area contributed by atoms with Crippen molar-refractivity contribution in [3.63, 3.8) is 0 Å². The first-order chi connectivity index (χ1) is 10.7. The molecule has 1 aromatic carbocycles. The Morgan fingerprint density at radius 2 is 2.09 bits per heavy atom. The van der Waals surface area contributed by atoms with Gasteiger partial charge in [-0.25, -0.2) is 0 Å². The van der Waals surface area contributed by atoms with Gasteiger partial charge in [-0.3, -0.25) is 4.79 Å². The maximum absolute atomic E-state index is 13.0. The molecule has 7 heteroatoms. The molecule has 2 saturated heterocycles. The molecule has 4 rings (SSSR count). The van der Waals surface area contributed by atoms with E-state index in [0.717, 1.165) is 37.3 Å². The molecule has 0 saturated carbocycles. The maximum atomic E-state index is 13.0. The third-order valence-electron chi connectivity index (χ3n) is 4.70. The molecule has 3 heterocycles. The average Bonchev–Trinajstić information content (AvgIpc) is 3.02. The monoisotopic (exact) mass is 333 g/mol. The number of hydrogen-bond donors (Lipinski definition) is 1. The van der Waals surface area contributed by atoms with Gasteiger partial charge in [-0.05, 0) is 37.9 Å². The van der Waals surface area contributed by atoms with Crippen LogP contribution in [0.2, 0.25) is 0 Å². The Kier molecular flexibility index (Phi) is 4.37. The molecule has 6 nitrogen and oxygen atoms in total. The largest absolute Gasteiger partial charge is 0.334 e. The molecule has 0 radical (unpaired) electrons. The first kappa shape index (κ1) is 16.0. The topological polar surface area (TPSA) is 63.1 Å². The fourth-order valence-electron chi connectivity index (χ4n) is 3.45. The minimum Gasteiger partial charge on any atom is -0.334 e. The second kappa shape index (κ2) is 6.29. The molecule has 1 aromatic heterocycles. The van der Waals surface area contributed by atoms with Crippen LogP contribution in [0.15, 0.2) is 30.6 Å². The molecule has 0 aliphatic carbocycles. The van der Waals surface area contributed by atoms with E-state index in [4.69, 9.17) is 0 Å². The fraction of sp³-hybridized carbons (Fsp3) is 0.438. The van der Waals surface area contributed by atoms with Crippen LogP contribution in [-0.2, 0) is 0 Å². The Morgan fingerprint density at radius 1 is 1.30 bits per heavy atom. The Bertz CT molecular complexity index is 703. The highest BCUT2D eigenvalue weighted by Crippen LogP contribution is 2.32. The zero-order valence-electron chi connectivity index (χ0n) is 13.0. The quantitative estimate of drug-likeness (QED) is 0.903. The molecule has 0 spiro atoms. The number of aryl methyl sites for hydroxylation is 1. The number of aromatic nitrogens is 3. The lowest BCUT2D eigenvalue weighted by molar-refractivity contribution is 0.00278. The molecule has 2 unspecified atom stereocenters. The zero-order valence-corrected chi connectivity index (χ0v) is 13.8. The smallest absolute Gasteiger partial charge is 0.256 e. The summed E-state index contributed by atoms with van der Waals surface area (Å²) in [6, 6.07) is 6.17. The average molecular weight is 334 g/mol. The van der Waals surface area contributed by atoms with E-state index in [1.54, 1.807) is 12.4 Å². The molecule has 1 N–H and O–H groups in total. The van der Waals surface area contributed by atoms with Gasteiger partial charge in [0.15, 0.2) is 0 Å². The number of nitrogens with one attached hydrogen (secondary N) is 1. The van der Waals surface area contributed by atoms with E-state index in [-0.39, 0.29) is 18.3 Å². The number of carbonyl (C=O) groups is 1. The van der Waals surface area contributed by atoms with Crippen molar-refractivity contribution in [1.29, 1.82) is 0 Å². The summed E-state index contributed by atoms with van der Waals surface area (Å²) in [5, 5.41) is 11.7. The third kappa shape index (κ3) is 2.72. The summed E-state index contributed by atoms with van der Waals surface area (Å²) in [5.41, 5.74) is 2.49. The first-order valence-corrected chi connectivity index (χ1v) is 7.73. The second-order valence-electron chi connectivity index (χ2n) is 6.12. The van der Waals surface area contributed by atoms with Crippen molar-refractivity contribution in [2.24, 2.45) is 5.92 Å². The van der Waals surface area contributed by atoms with Crippen LogP contribution in [0.1, 0.15) is 22.3 Å². The molecule has 2 aliphatic heterocycles. The van der Waals surface area contributed by atoms with Gasteiger partial charge < -0.3 is 10.2 Å². The lowest BCUT2D eigenvalue weighted by Crippen LogP contribution is -2.65. The van der Waals surface area contributed by atoms with E-state index in [1.165, 1.54) is 4.80 Å². The summed E-state index contributed by atoms with van der Waals surface area (Å²) < 4.78 is 0. The summed E-state index contributed by atoms with van der Waals surface area (Å²) >= 11 is 0. The summed E-state index contributed by atoms with van der Waals surface area (Å²) in [7, 11) is 0. The fourth-order valence-corrected chi connectivity index (χ4v) is 3.45. The van der Waals surface area contributed by atoms with Gasteiger partial charge >= 0.3 is 0 Å². The van der Waals surface area contributed by atoms with Gasteiger partial charge in [0.05, 0.1) is 23.6 Å². The van der Waals surface area contributed by atoms with Crippen molar-refractivity contribution in [2.45, 2.75) is 19.4 Å². The molecule has 0 bridgehead atoms. The predicted octanol–water partition coefficient (Wildman–Crippen LogP) is 1.43. The highest BCUT2D eigenvalue weighted by atomic mass is 35.5. The Labute approximate surface area is 141 Å². The lowest BCUT2D eigenvalue weighted by Gasteiger charge is -2.51. The van der Waals surface area contributed by atoms with E-state index >= 15 is 0 Å². The minimum absolute atomic E-state index is 0. The van der Waals surface area contributed by atoms with Gasteiger partial charge in [0.1, 0.15) is 0 Å². The summed E-state index contributed by atoms with van der Waals surface area (Å²) in [4.78, 5) is 16.5. The van der Waals surface area contributed by atoms with Crippen molar-refractivity contribution >= 4 is 18.3 Å². The van der Waals surface area contributed by atoms with Crippen molar-refractivity contribution in [2.75, 3.05) is 19.6 Å². The number of fused-ring (bicyclic) bond motifs is 1. The van der Waals surface area contributed by atoms with Crippen LogP contribution in [0, 0.1) is 12.8 Å². The van der Waals surface area contributed by atoms with E-state index in [0.29, 0.717) is 17.5 Å². The maximum Gasteiger partial charge on any atom is 0.256 e. The van der Waals surface area contributed by atoms with Gasteiger partial charge in [0.25, 0.3) is 5.91 Å². The van der Waals surface area contributed by atoms with Gasteiger partial charge in [-0.2, -0.15) is 15.0 Å². The zero-order chi connectivity index (χ0) is 15.1. The van der Waals surface area contributed by atoms with Gasteiger partial charge in [-0.1, -0.05) is 11.6 Å². The molecule has 2 atom stereocenters. The molecule has 122 valence electrons. The molecular formula is C16H20ClN5O. The summed E-state index contributed by atoms with van der Waals surface area (Å²) in [6.07, 6.45) is 4.41. The number of rotatable bonds is 2. The van der Waals surface area contributed by atoms with Crippen LogP contribution < -0.4 is 5.32 Å². The van der Waals surface area contributed by atoms with Crippen molar-refractivity contribution in [1.82, 2.24) is 25.2 Å². The highest BCUT2D eigenvalue weighted by molar-refractivity contribution is 5.98. The normalized spacial score (nSPS) is 22.7. The molecule has 23 heavy (non-hydrogen) atoms. The first-order valence-electron chi connectivity index (χ1n) is 7.73. The van der Waals surface area contributed by atoms with Gasteiger partial charge in [0, 0.05) is 19.1 Å². The summed E-state index contributed by atoms with van der Waals surface area (Å²) in [5.74, 6) is 0.738. The third-order valence-corrected chi connectivity index (χ3v) is 4.70. The lowest BCUT2D eigenvalue weighted by atomic mass is 9.82. The Hall–Kier alpha value is -1.92. The van der Waals surface area contributed by atoms with Crippen molar-refractivity contribution in [3.8, 4) is 5.69 Å². The van der Waals surface area contributed by atoms with Crippen LogP contribution in [0.4, 0.5) is 0 Å². The molecule has 2 aromatic rings. The number of amides is 1. The van der Waals surface area contributed by atoms with E-state index < -0.39 is 0 Å². The Balaban J connectivity index is 0.00000156. The minimum atomic E-state index is 0. The number of nitrogens with zero attached hydrogens (tertiary/aromatic N) is 4. The summed E-state index contributed by atoms with van der Waals surface area (Å²) in [6.45, 7) is 4.83. The van der Waals surface area contributed by atoms with Crippen LogP contribution in [0.5, 0.6) is 0 Å². The number of carbonyl (C=O) groups excluding carboxylic acids is 1. The molecular weight excluding hydrogens is 314 g/mol. The number of piperidine rings is 1. The van der Waals surface area contributed by atoms with Crippen LogP contribution in [0.25, 0.3) is 5.69 Å². The molecule has 2 aliphatic rings. The standard InChI is InChI=1S/C16H19N5O.ClH/c1-11-2-3-14(21-18-6-7-19-21)13(8-11)16(22)20-10-12-4-5-17-9-15(12)20;/h2-3,6-8,12,15,17H,4-5,9-10H2,1H3;1H. The Morgan fingerprint density at radius 3 is 2.83 bits per heavy atom. The predicted molar refractivity (Wildman–Crippen MR) is 89.1 cm³/mol. The number of benzene rings is 1. The SMILES string of the molecule is Cc1ccc(-n2nccn2)c(C(=O)N2CC3CCNCC32)c1.Cl. The van der Waals surface area contributed by atoms with Crippen LogP contribution in [-0.4, -0.2) is 51.5 Å². The van der Waals surface area contributed by atoms with Crippen LogP contribution in [0.3, 0.4) is 0 Å². The number of likely N-dealkylation sites (tertiary alicyclic amines) is 1. The highest BCUT2D eigenvalue weighted by Gasteiger charge is 2.43. The van der Waals surface area contributed by atoms with Crippen LogP contribution >= 0.6 is 12.4 Å². The van der Waals surface area contributed by atoms with Gasteiger partial charge in [-0.15, -0.1) is 12.4 Å². The number of halogens is 1. The van der Waals surface area contributed by atoms with Gasteiger partial charge in [0.2, 0.25) is 0 Å². The van der Waals surface area contributed by atoms with E-state index in [2.05, 4.69) is 15.5 Å². The van der Waals surface area contributed by atoms with E-state index in [1.807, 2.05) is 30.0 Å². The van der Waals surface area contributed by atoms with E-state index in [9.17, 15) is 4.79 Å². The van der Waals surface area contributed by atoms with Crippen molar-refractivity contribution in [3.05, 3.63) is 41.7 Å². The second-order valence-corrected chi connectivity index (χ2v) is 6.12. The van der Waals surface area contributed by atoms with Crippen molar-refractivity contribution < 1.29 is 4.79 Å². The molecule has 2 fully saturated rings.